The molecule has 0 bridgehead atoms. The molecule has 0 unspecified atom stereocenters. The molecule has 0 amide bonds. The van der Waals surface area contributed by atoms with Gasteiger partial charge in [-0.3, -0.25) is 4.79 Å². The van der Waals surface area contributed by atoms with E-state index in [-0.39, 0.29) is 11.9 Å². The van der Waals surface area contributed by atoms with E-state index in [2.05, 4.69) is 22.4 Å². The largest absolute Gasteiger partial charge is 0.465 e. The van der Waals surface area contributed by atoms with Gasteiger partial charge in [-0.25, -0.2) is 0 Å². The van der Waals surface area contributed by atoms with Gasteiger partial charge in [0.1, 0.15) is 5.92 Å². The van der Waals surface area contributed by atoms with Crippen LogP contribution in [0.4, 0.5) is 0 Å². The van der Waals surface area contributed by atoms with Crippen molar-refractivity contribution in [3.63, 3.8) is 0 Å². The predicted octanol–water partition coefficient (Wildman–Crippen LogP) is 1.96. The number of hydrogen-bond donors (Lipinski definition) is 2. The van der Waals surface area contributed by atoms with Crippen molar-refractivity contribution < 1.29 is 9.53 Å². The smallest absolute Gasteiger partial charge is 0.316 e. The van der Waals surface area contributed by atoms with Crippen LogP contribution in [0, 0.1) is 0 Å². The molecule has 0 aliphatic carbocycles. The summed E-state index contributed by atoms with van der Waals surface area (Å²) in [5.41, 5.74) is 3.37. The molecule has 0 fully saturated rings. The maximum atomic E-state index is 12.1. The standard InChI is InChI=1S/C15H18N2O2/c1-2-19-15(18)12-9-16-8-7-11-10-5-3-4-6-13(10)17-14(11)12/h3-6,12,16-17H,2,7-9H2,1H3/t12-/m0/s1. The predicted molar refractivity (Wildman–Crippen MR) is 74.2 cm³/mol. The number of carbonyl (C=O) groups excluding carboxylic acids is 1. The molecule has 3 rings (SSSR count). The first-order valence-electron chi connectivity index (χ1n) is 6.78. The van der Waals surface area contributed by atoms with Gasteiger partial charge in [-0.2, -0.15) is 0 Å². The lowest BCUT2D eigenvalue weighted by molar-refractivity contribution is -0.144. The third kappa shape index (κ3) is 2.12. The highest BCUT2D eigenvalue weighted by Crippen LogP contribution is 2.30. The highest BCUT2D eigenvalue weighted by Gasteiger charge is 2.28. The average Bonchev–Trinajstić information content (AvgIpc) is 2.64. The van der Waals surface area contributed by atoms with E-state index in [0.29, 0.717) is 13.2 Å². The number of nitrogens with one attached hydrogen (secondary N) is 2. The van der Waals surface area contributed by atoms with E-state index < -0.39 is 0 Å². The van der Waals surface area contributed by atoms with Crippen molar-refractivity contribution in [3.8, 4) is 0 Å². The molecule has 0 saturated carbocycles. The van der Waals surface area contributed by atoms with Crippen LogP contribution < -0.4 is 5.32 Å². The Morgan fingerprint density at radius 1 is 1.42 bits per heavy atom. The van der Waals surface area contributed by atoms with Crippen LogP contribution in [-0.4, -0.2) is 30.6 Å². The molecule has 0 radical (unpaired) electrons. The quantitative estimate of drug-likeness (QED) is 0.810. The summed E-state index contributed by atoms with van der Waals surface area (Å²) in [6, 6.07) is 8.21. The Labute approximate surface area is 112 Å². The highest BCUT2D eigenvalue weighted by molar-refractivity contribution is 5.88. The first-order chi connectivity index (χ1) is 9.31. The van der Waals surface area contributed by atoms with Gasteiger partial charge in [-0.05, 0) is 31.5 Å². The second kappa shape index (κ2) is 5.05. The summed E-state index contributed by atoms with van der Waals surface area (Å²) in [4.78, 5) is 15.5. The van der Waals surface area contributed by atoms with Crippen LogP contribution in [0.2, 0.25) is 0 Å². The Morgan fingerprint density at radius 2 is 2.26 bits per heavy atom. The summed E-state index contributed by atoms with van der Waals surface area (Å²) in [7, 11) is 0. The molecule has 1 aliphatic rings. The van der Waals surface area contributed by atoms with Crippen LogP contribution in [0.15, 0.2) is 24.3 Å². The molecule has 1 aromatic carbocycles. The van der Waals surface area contributed by atoms with Crippen molar-refractivity contribution in [2.75, 3.05) is 19.7 Å². The molecule has 100 valence electrons. The van der Waals surface area contributed by atoms with Gasteiger partial charge < -0.3 is 15.0 Å². The molecule has 1 aliphatic heterocycles. The number of aromatic amines is 1. The van der Waals surface area contributed by atoms with E-state index in [0.717, 1.165) is 24.2 Å². The second-order valence-electron chi connectivity index (χ2n) is 4.82. The number of fused-ring (bicyclic) bond motifs is 3. The number of ether oxygens (including phenoxy) is 1. The third-order valence-corrected chi connectivity index (χ3v) is 3.67. The van der Waals surface area contributed by atoms with Crippen LogP contribution in [0.3, 0.4) is 0 Å². The van der Waals surface area contributed by atoms with Gasteiger partial charge in [-0.1, -0.05) is 18.2 Å². The molecule has 2 heterocycles. The van der Waals surface area contributed by atoms with Crippen LogP contribution >= 0.6 is 0 Å². The fourth-order valence-corrected chi connectivity index (χ4v) is 2.79. The molecular weight excluding hydrogens is 240 g/mol. The topological polar surface area (TPSA) is 54.1 Å². The first-order valence-corrected chi connectivity index (χ1v) is 6.78. The van der Waals surface area contributed by atoms with Gasteiger partial charge in [0.15, 0.2) is 0 Å². The molecule has 1 aromatic heterocycles. The monoisotopic (exact) mass is 258 g/mol. The Hall–Kier alpha value is -1.81. The van der Waals surface area contributed by atoms with Gasteiger partial charge in [0, 0.05) is 23.1 Å². The molecule has 4 heteroatoms. The van der Waals surface area contributed by atoms with Crippen molar-refractivity contribution in [1.29, 1.82) is 0 Å². The Kier molecular flexibility index (Phi) is 3.25. The van der Waals surface area contributed by atoms with E-state index in [9.17, 15) is 4.79 Å². The average molecular weight is 258 g/mol. The van der Waals surface area contributed by atoms with Crippen LogP contribution in [-0.2, 0) is 16.0 Å². The summed E-state index contributed by atoms with van der Waals surface area (Å²) in [5, 5.41) is 4.53. The lowest BCUT2D eigenvalue weighted by atomic mass is 10.00. The molecule has 1 atom stereocenters. The zero-order valence-corrected chi connectivity index (χ0v) is 11.0. The second-order valence-corrected chi connectivity index (χ2v) is 4.82. The number of benzene rings is 1. The zero-order valence-electron chi connectivity index (χ0n) is 11.0. The summed E-state index contributed by atoms with van der Waals surface area (Å²) in [6.07, 6.45) is 0.940. The van der Waals surface area contributed by atoms with Crippen molar-refractivity contribution in [1.82, 2.24) is 10.3 Å². The van der Waals surface area contributed by atoms with E-state index >= 15 is 0 Å². The minimum Gasteiger partial charge on any atom is -0.465 e. The number of H-pyrrole nitrogens is 1. The van der Waals surface area contributed by atoms with E-state index in [1.165, 1.54) is 10.9 Å². The summed E-state index contributed by atoms with van der Waals surface area (Å²) in [6.45, 7) is 3.79. The highest BCUT2D eigenvalue weighted by atomic mass is 16.5. The Bertz CT molecular complexity index is 603. The fraction of sp³-hybridized carbons (Fsp3) is 0.400. The Balaban J connectivity index is 2.09. The van der Waals surface area contributed by atoms with Gasteiger partial charge in [-0.15, -0.1) is 0 Å². The maximum Gasteiger partial charge on any atom is 0.316 e. The lowest BCUT2D eigenvalue weighted by Gasteiger charge is -2.13. The molecule has 0 spiro atoms. The number of hydrogen-bond acceptors (Lipinski definition) is 3. The SMILES string of the molecule is CCOC(=O)[C@H]1CNCCc2c1[nH]c1ccccc21. The van der Waals surface area contributed by atoms with Crippen LogP contribution in [0.25, 0.3) is 10.9 Å². The van der Waals surface area contributed by atoms with E-state index in [4.69, 9.17) is 4.74 Å². The summed E-state index contributed by atoms with van der Waals surface area (Å²) in [5.74, 6) is -0.380. The molecule has 0 saturated heterocycles. The summed E-state index contributed by atoms with van der Waals surface area (Å²) >= 11 is 0. The molecule has 2 N–H and O–H groups in total. The van der Waals surface area contributed by atoms with E-state index in [1.54, 1.807) is 0 Å². The fourth-order valence-electron chi connectivity index (χ4n) is 2.79. The van der Waals surface area contributed by atoms with Gasteiger partial charge in [0.25, 0.3) is 0 Å². The van der Waals surface area contributed by atoms with Gasteiger partial charge >= 0.3 is 5.97 Å². The van der Waals surface area contributed by atoms with Crippen molar-refractivity contribution >= 4 is 16.9 Å². The molecular formula is C15H18N2O2. The Morgan fingerprint density at radius 3 is 3.11 bits per heavy atom. The zero-order chi connectivity index (χ0) is 13.2. The van der Waals surface area contributed by atoms with Crippen LogP contribution in [0.5, 0.6) is 0 Å². The first kappa shape index (κ1) is 12.2. The molecule has 4 nitrogen and oxygen atoms in total. The maximum absolute atomic E-state index is 12.1. The lowest BCUT2D eigenvalue weighted by Crippen LogP contribution is -2.27. The van der Waals surface area contributed by atoms with Crippen LogP contribution in [0.1, 0.15) is 24.1 Å². The number of para-hydroxylation sites is 1. The number of esters is 1. The third-order valence-electron chi connectivity index (χ3n) is 3.67. The van der Waals surface area contributed by atoms with Gasteiger partial charge in [0.05, 0.1) is 6.61 Å². The number of aromatic nitrogens is 1. The molecule has 2 aromatic rings. The molecule has 19 heavy (non-hydrogen) atoms. The number of rotatable bonds is 2. The summed E-state index contributed by atoms with van der Waals surface area (Å²) < 4.78 is 5.19. The van der Waals surface area contributed by atoms with Crippen molar-refractivity contribution in [2.45, 2.75) is 19.3 Å². The van der Waals surface area contributed by atoms with Crippen molar-refractivity contribution in [3.05, 3.63) is 35.5 Å². The van der Waals surface area contributed by atoms with Crippen molar-refractivity contribution in [2.24, 2.45) is 0 Å². The van der Waals surface area contributed by atoms with Gasteiger partial charge in [0.2, 0.25) is 0 Å². The minimum atomic E-state index is -0.232. The van der Waals surface area contributed by atoms with E-state index in [1.807, 2.05) is 19.1 Å². The normalized spacial score (nSPS) is 18.9. The number of carbonyl (C=O) groups is 1. The minimum absolute atomic E-state index is 0.148.